The van der Waals surface area contributed by atoms with Crippen LogP contribution in [-0.2, 0) is 30.5 Å². The maximum absolute atomic E-state index is 13.4. The largest absolute Gasteiger partial charge is 0.467 e. The van der Waals surface area contributed by atoms with E-state index in [1.54, 1.807) is 13.8 Å². The second-order valence-electron chi connectivity index (χ2n) is 8.65. The van der Waals surface area contributed by atoms with E-state index in [1.807, 2.05) is 30.3 Å². The Balaban J connectivity index is 1.59. The fourth-order valence-electron chi connectivity index (χ4n) is 4.20. The number of aliphatic imine (C=N–C) groups is 1. The summed E-state index contributed by atoms with van der Waals surface area (Å²) in [6.07, 6.45) is 1.31. The van der Waals surface area contributed by atoms with E-state index in [-0.39, 0.29) is 12.3 Å². The van der Waals surface area contributed by atoms with E-state index in [0.717, 1.165) is 12.7 Å². The third kappa shape index (κ3) is 4.16. The summed E-state index contributed by atoms with van der Waals surface area (Å²) in [7, 11) is 1.16. The summed E-state index contributed by atoms with van der Waals surface area (Å²) < 4.78 is 9.68. The lowest BCUT2D eigenvalue weighted by molar-refractivity contribution is -0.384. The number of carbonyl (C=O) groups is 3. The highest BCUT2D eigenvalue weighted by Crippen LogP contribution is 2.56. The zero-order valence-electron chi connectivity index (χ0n) is 19.2. The highest BCUT2D eigenvalue weighted by atomic mass is 32.2. The number of rotatable bonds is 7. The molecule has 11 heteroatoms. The zero-order valence-corrected chi connectivity index (χ0v) is 20.1. The van der Waals surface area contributed by atoms with Crippen LogP contribution in [0.25, 0.3) is 0 Å². The number of nitro groups is 1. The molecule has 1 amide bonds. The number of nitro benzene ring substituents is 1. The molecule has 10 nitrogen and oxygen atoms in total. The normalized spacial score (nSPS) is 24.5. The van der Waals surface area contributed by atoms with E-state index in [9.17, 15) is 24.5 Å². The first-order valence-electron chi connectivity index (χ1n) is 10.7. The van der Waals surface area contributed by atoms with Crippen LogP contribution >= 0.6 is 11.8 Å². The number of methoxy groups -OCH3 is 1. The Bertz CT molecular complexity index is 1200. The van der Waals surface area contributed by atoms with E-state index in [0.29, 0.717) is 5.56 Å². The molecule has 0 aromatic heterocycles. The summed E-state index contributed by atoms with van der Waals surface area (Å²) in [5.74, 6) is -2.07. The monoisotopic (exact) mass is 497 g/mol. The molecule has 2 aliphatic rings. The topological polar surface area (TPSA) is 128 Å². The average Bonchev–Trinajstić information content (AvgIpc) is 3.11. The van der Waals surface area contributed by atoms with Gasteiger partial charge in [-0.15, -0.1) is 11.8 Å². The molecule has 2 aliphatic heterocycles. The number of hydrogen-bond acceptors (Lipinski definition) is 9. The van der Waals surface area contributed by atoms with Gasteiger partial charge in [0.25, 0.3) is 17.1 Å². The van der Waals surface area contributed by atoms with Crippen LogP contribution in [0.3, 0.4) is 0 Å². The second-order valence-corrected chi connectivity index (χ2v) is 10.4. The van der Waals surface area contributed by atoms with Crippen molar-refractivity contribution < 1.29 is 28.8 Å². The summed E-state index contributed by atoms with van der Waals surface area (Å²) in [5, 5.41) is 10.1. The van der Waals surface area contributed by atoms with Crippen molar-refractivity contribution in [3.63, 3.8) is 0 Å². The number of hydrogen-bond donors (Lipinski definition) is 0. The maximum Gasteiger partial charge on any atom is 0.346 e. The predicted octanol–water partition coefficient (Wildman–Crippen LogP) is 2.73. The first kappa shape index (κ1) is 24.4. The van der Waals surface area contributed by atoms with Crippen molar-refractivity contribution in [2.24, 2.45) is 4.99 Å². The predicted molar refractivity (Wildman–Crippen MR) is 128 cm³/mol. The molecule has 0 radical (unpaired) electrons. The van der Waals surface area contributed by atoms with Crippen LogP contribution in [0.5, 0.6) is 0 Å². The van der Waals surface area contributed by atoms with Gasteiger partial charge in [-0.1, -0.05) is 30.3 Å². The van der Waals surface area contributed by atoms with Crippen LogP contribution in [-0.4, -0.2) is 62.7 Å². The molecule has 4 rings (SSSR count). The number of non-ortho nitro benzene ring substituents is 1. The summed E-state index contributed by atoms with van der Waals surface area (Å²) in [5.41, 5.74) is -0.688. The number of amides is 1. The van der Waals surface area contributed by atoms with Gasteiger partial charge in [0, 0.05) is 23.1 Å². The molecular formula is C24H23N3O7S. The molecule has 35 heavy (non-hydrogen) atoms. The number of nitrogens with zero attached hydrogens (tertiary/aromatic N) is 3. The SMILES string of the molecule is COC(=O)C1(/N=C/c2ccc([N+](=O)[O-])cc2)C(=O)N2[C@@H](C(=O)OCc3ccccc3)C(C)(C)S[C@@H]21. The second kappa shape index (κ2) is 9.14. The van der Waals surface area contributed by atoms with Gasteiger partial charge in [0.1, 0.15) is 18.0 Å². The van der Waals surface area contributed by atoms with Crippen molar-refractivity contribution in [2.45, 2.75) is 42.2 Å². The molecule has 2 fully saturated rings. The first-order valence-corrected chi connectivity index (χ1v) is 11.6. The van der Waals surface area contributed by atoms with Crippen molar-refractivity contribution in [1.82, 2.24) is 4.90 Å². The summed E-state index contributed by atoms with van der Waals surface area (Å²) in [6.45, 7) is 3.67. The van der Waals surface area contributed by atoms with Gasteiger partial charge in [-0.05, 0) is 37.1 Å². The summed E-state index contributed by atoms with van der Waals surface area (Å²) in [4.78, 5) is 55.3. The number of esters is 2. The average molecular weight is 498 g/mol. The van der Waals surface area contributed by atoms with Crippen molar-refractivity contribution in [1.29, 1.82) is 0 Å². The molecular weight excluding hydrogens is 474 g/mol. The Morgan fingerprint density at radius 3 is 2.43 bits per heavy atom. The number of benzene rings is 2. The molecule has 3 atom stereocenters. The molecule has 0 spiro atoms. The molecule has 2 aromatic carbocycles. The molecule has 2 aromatic rings. The van der Waals surface area contributed by atoms with Gasteiger partial charge in [0.15, 0.2) is 0 Å². The van der Waals surface area contributed by atoms with Crippen molar-refractivity contribution in [3.05, 3.63) is 75.8 Å². The Hall–Kier alpha value is -3.73. The fourth-order valence-corrected chi connectivity index (χ4v) is 5.88. The first-order chi connectivity index (χ1) is 16.6. The van der Waals surface area contributed by atoms with Crippen molar-refractivity contribution in [2.75, 3.05) is 7.11 Å². The standard InChI is InChI=1S/C24H23N3O7S/c1-23(2)18(19(28)34-14-16-7-5-4-6-8-16)26-20(29)24(21(26)35-23,22(30)33-3)25-13-15-9-11-17(12-10-15)27(31)32/h4-13,18,21H,14H2,1-3H3/b25-13+/t18-,21+,24?/m0/s1. The van der Waals surface area contributed by atoms with E-state index in [1.165, 1.54) is 47.1 Å². The van der Waals surface area contributed by atoms with Gasteiger partial charge in [0.05, 0.1) is 12.0 Å². The van der Waals surface area contributed by atoms with E-state index >= 15 is 0 Å². The quantitative estimate of drug-likeness (QED) is 0.143. The lowest BCUT2D eigenvalue weighted by Gasteiger charge is -2.48. The van der Waals surface area contributed by atoms with Crippen LogP contribution in [0.4, 0.5) is 5.69 Å². The van der Waals surface area contributed by atoms with Crippen LogP contribution in [0.1, 0.15) is 25.0 Å². The molecule has 182 valence electrons. The number of carbonyl (C=O) groups excluding carboxylic acids is 3. The van der Waals surface area contributed by atoms with Crippen LogP contribution < -0.4 is 0 Å². The third-order valence-corrected chi connectivity index (χ3v) is 7.61. The van der Waals surface area contributed by atoms with Gasteiger partial charge in [-0.2, -0.15) is 0 Å². The summed E-state index contributed by atoms with van der Waals surface area (Å²) in [6, 6.07) is 13.8. The van der Waals surface area contributed by atoms with Gasteiger partial charge >= 0.3 is 11.9 Å². The van der Waals surface area contributed by atoms with Gasteiger partial charge in [0.2, 0.25) is 0 Å². The van der Waals surface area contributed by atoms with E-state index < -0.39 is 44.5 Å². The fraction of sp³-hybridized carbons (Fsp3) is 0.333. The third-order valence-electron chi connectivity index (χ3n) is 5.99. The Labute approximate surface area is 205 Å². The molecule has 2 heterocycles. The minimum atomic E-state index is -1.87. The van der Waals surface area contributed by atoms with E-state index in [2.05, 4.69) is 4.99 Å². The highest BCUT2D eigenvalue weighted by molar-refractivity contribution is 8.01. The molecule has 0 bridgehead atoms. The Morgan fingerprint density at radius 1 is 1.17 bits per heavy atom. The van der Waals surface area contributed by atoms with Crippen LogP contribution in [0, 0.1) is 10.1 Å². The summed E-state index contributed by atoms with van der Waals surface area (Å²) >= 11 is 1.27. The number of ether oxygens (including phenoxy) is 2. The van der Waals surface area contributed by atoms with Crippen molar-refractivity contribution in [3.8, 4) is 0 Å². The highest BCUT2D eigenvalue weighted by Gasteiger charge is 2.75. The number of β-lactam (4-membered cyclic amide) rings is 1. The van der Waals surface area contributed by atoms with Gasteiger partial charge in [-0.25, -0.2) is 9.59 Å². The van der Waals surface area contributed by atoms with Gasteiger partial charge in [-0.3, -0.25) is 19.9 Å². The molecule has 1 unspecified atom stereocenters. The molecule has 2 saturated heterocycles. The molecule has 0 N–H and O–H groups in total. The Morgan fingerprint density at radius 2 is 1.83 bits per heavy atom. The smallest absolute Gasteiger partial charge is 0.346 e. The lowest BCUT2D eigenvalue weighted by Crippen LogP contribution is -2.76. The Kier molecular flexibility index (Phi) is 6.37. The van der Waals surface area contributed by atoms with Crippen molar-refractivity contribution >= 4 is 41.5 Å². The number of thioether (sulfide) groups is 1. The van der Waals surface area contributed by atoms with Crippen LogP contribution in [0.2, 0.25) is 0 Å². The minimum Gasteiger partial charge on any atom is -0.467 e. The van der Waals surface area contributed by atoms with Crippen LogP contribution in [0.15, 0.2) is 59.6 Å². The zero-order chi connectivity index (χ0) is 25.4. The molecule has 0 aliphatic carbocycles. The minimum absolute atomic E-state index is 0.0596. The van der Waals surface area contributed by atoms with E-state index in [4.69, 9.17) is 9.47 Å². The maximum atomic E-state index is 13.4. The number of fused-ring (bicyclic) bond motifs is 1. The molecule has 0 saturated carbocycles. The van der Waals surface area contributed by atoms with Gasteiger partial charge < -0.3 is 14.4 Å². The lowest BCUT2D eigenvalue weighted by atomic mass is 9.85.